The fraction of sp³-hybridized carbons (Fsp3) is 0.125. The Hall–Kier alpha value is -4.80. The van der Waals surface area contributed by atoms with Gasteiger partial charge in [-0.2, -0.15) is 10.2 Å². The highest BCUT2D eigenvalue weighted by Gasteiger charge is 2.20. The molecule has 0 unspecified atom stereocenters. The average molecular weight is 597 g/mol. The lowest BCUT2D eigenvalue weighted by molar-refractivity contribution is 0.413. The molecule has 0 heterocycles. The van der Waals surface area contributed by atoms with Gasteiger partial charge in [-0.15, -0.1) is 0 Å². The van der Waals surface area contributed by atoms with Crippen LogP contribution in [-0.4, -0.2) is 45.9 Å². The lowest BCUT2D eigenvalue weighted by Gasteiger charge is -2.23. The quantitative estimate of drug-likeness (QED) is 0.137. The molecule has 4 aromatic carbocycles. The van der Waals surface area contributed by atoms with E-state index in [0.29, 0.717) is 24.5 Å². The number of ether oxygens (including phenoxy) is 2. The van der Waals surface area contributed by atoms with E-state index in [1.165, 1.54) is 0 Å². The second-order valence-electron chi connectivity index (χ2n) is 9.12. The van der Waals surface area contributed by atoms with E-state index in [1.54, 1.807) is 24.2 Å². The predicted molar refractivity (Wildman–Crippen MR) is 177 cm³/mol. The maximum absolute atomic E-state index is 6.21. The van der Waals surface area contributed by atoms with E-state index in [9.17, 15) is 0 Å². The molecular formula is C32H32N6O2S2. The van der Waals surface area contributed by atoms with Crippen molar-refractivity contribution in [2.75, 3.05) is 14.2 Å². The Kier molecular flexibility index (Phi) is 10.6. The van der Waals surface area contributed by atoms with Crippen LogP contribution in [0.15, 0.2) is 119 Å². The summed E-state index contributed by atoms with van der Waals surface area (Å²) in [6.07, 6.45) is 0. The number of thiocarbonyl (C=S) groups is 2. The smallest absolute Gasteiger partial charge is 0.187 e. The highest BCUT2D eigenvalue weighted by Crippen LogP contribution is 2.18. The molecule has 0 saturated carbocycles. The van der Waals surface area contributed by atoms with Crippen molar-refractivity contribution in [3.63, 3.8) is 0 Å². The van der Waals surface area contributed by atoms with Crippen LogP contribution < -0.4 is 20.9 Å². The summed E-state index contributed by atoms with van der Waals surface area (Å²) in [5.74, 6) is 1.50. The van der Waals surface area contributed by atoms with Crippen molar-refractivity contribution in [1.82, 2.24) is 10.0 Å². The third-order valence-corrected chi connectivity index (χ3v) is 6.67. The average Bonchev–Trinajstić information content (AvgIpc) is 3.02. The molecule has 0 atom stereocenters. The minimum atomic E-state index is 0.107. The van der Waals surface area contributed by atoms with Gasteiger partial charge >= 0.3 is 0 Å². The number of benzene rings is 4. The molecule has 0 saturated heterocycles. The molecule has 0 bridgehead atoms. The van der Waals surface area contributed by atoms with E-state index in [1.807, 2.05) is 109 Å². The molecule has 8 nitrogen and oxygen atoms in total. The predicted octanol–water partition coefficient (Wildman–Crippen LogP) is 5.30. The van der Waals surface area contributed by atoms with Crippen LogP contribution in [0, 0.1) is 0 Å². The zero-order valence-electron chi connectivity index (χ0n) is 23.4. The zero-order valence-corrected chi connectivity index (χ0v) is 25.0. The van der Waals surface area contributed by atoms with Crippen molar-refractivity contribution in [2.24, 2.45) is 21.7 Å². The maximum Gasteiger partial charge on any atom is 0.187 e. The van der Waals surface area contributed by atoms with E-state index in [4.69, 9.17) is 55.6 Å². The topological polar surface area (TPSA) is 102 Å². The molecule has 0 amide bonds. The minimum Gasteiger partial charge on any atom is -0.497 e. The van der Waals surface area contributed by atoms with Crippen molar-refractivity contribution >= 4 is 46.1 Å². The first-order chi connectivity index (χ1) is 20.4. The Morgan fingerprint density at radius 1 is 0.571 bits per heavy atom. The summed E-state index contributed by atoms with van der Waals surface area (Å²) in [7, 11) is 3.25. The Labute approximate surface area is 256 Å². The minimum absolute atomic E-state index is 0.107. The Morgan fingerprint density at radius 2 is 0.905 bits per heavy atom. The molecule has 0 aliphatic rings. The lowest BCUT2D eigenvalue weighted by atomic mass is 10.00. The number of nitrogens with two attached hydrogens (primary N) is 2. The molecule has 4 N–H and O–H groups in total. The SMILES string of the molecule is COc1ccc(CN(/N=C(\C(=N/N(Cc2ccc(OC)cc2)C(N)=S)c2ccccc2)c2ccccc2)C(N)=S)cc1. The summed E-state index contributed by atoms with van der Waals surface area (Å²) in [5.41, 5.74) is 17.0. The number of methoxy groups -OCH3 is 2. The summed E-state index contributed by atoms with van der Waals surface area (Å²) >= 11 is 10.9. The largest absolute Gasteiger partial charge is 0.497 e. The van der Waals surface area contributed by atoms with Gasteiger partial charge in [0, 0.05) is 11.1 Å². The molecule has 0 radical (unpaired) electrons. The molecule has 0 aliphatic carbocycles. The molecule has 0 fully saturated rings. The number of hydrazone groups is 2. The molecule has 42 heavy (non-hydrogen) atoms. The Morgan fingerprint density at radius 3 is 1.19 bits per heavy atom. The third kappa shape index (κ3) is 8.12. The summed E-state index contributed by atoms with van der Waals surface area (Å²) in [4.78, 5) is 0. The second-order valence-corrected chi connectivity index (χ2v) is 9.95. The van der Waals surface area contributed by atoms with Gasteiger partial charge in [-0.25, -0.2) is 10.0 Å². The fourth-order valence-corrected chi connectivity index (χ4v) is 4.26. The van der Waals surface area contributed by atoms with Crippen LogP contribution in [0.25, 0.3) is 0 Å². The first-order valence-electron chi connectivity index (χ1n) is 13.1. The Bertz CT molecular complexity index is 1420. The summed E-state index contributed by atoms with van der Waals surface area (Å²) in [6, 6.07) is 34.7. The molecule has 10 heteroatoms. The number of hydrogen-bond acceptors (Lipinski definition) is 6. The van der Waals surface area contributed by atoms with Crippen LogP contribution in [0.3, 0.4) is 0 Å². The van der Waals surface area contributed by atoms with Crippen molar-refractivity contribution in [3.8, 4) is 11.5 Å². The van der Waals surface area contributed by atoms with Crippen LogP contribution in [0.4, 0.5) is 0 Å². The molecule has 4 aromatic rings. The monoisotopic (exact) mass is 596 g/mol. The van der Waals surface area contributed by atoms with Crippen LogP contribution in [0.1, 0.15) is 22.3 Å². The summed E-state index contributed by atoms with van der Waals surface area (Å²) in [5, 5.41) is 13.4. The van der Waals surface area contributed by atoms with Crippen molar-refractivity contribution in [3.05, 3.63) is 131 Å². The molecular weight excluding hydrogens is 565 g/mol. The van der Waals surface area contributed by atoms with E-state index >= 15 is 0 Å². The van der Waals surface area contributed by atoms with E-state index in [2.05, 4.69) is 0 Å². The molecule has 0 aromatic heterocycles. The first-order valence-corrected chi connectivity index (χ1v) is 13.9. The van der Waals surface area contributed by atoms with Crippen LogP contribution in [0.5, 0.6) is 11.5 Å². The van der Waals surface area contributed by atoms with Gasteiger partial charge in [-0.3, -0.25) is 0 Å². The summed E-state index contributed by atoms with van der Waals surface area (Å²) in [6.45, 7) is 0.672. The molecule has 4 rings (SSSR count). The highest BCUT2D eigenvalue weighted by molar-refractivity contribution is 7.80. The maximum atomic E-state index is 6.21. The van der Waals surface area contributed by atoms with Gasteiger partial charge in [-0.05, 0) is 59.8 Å². The normalized spacial score (nSPS) is 11.5. The van der Waals surface area contributed by atoms with Crippen LogP contribution >= 0.6 is 24.4 Å². The number of nitrogens with zero attached hydrogens (tertiary/aromatic N) is 4. The number of rotatable bonds is 11. The van der Waals surface area contributed by atoms with Crippen LogP contribution in [0.2, 0.25) is 0 Å². The third-order valence-electron chi connectivity index (χ3n) is 6.25. The van der Waals surface area contributed by atoms with E-state index in [-0.39, 0.29) is 10.2 Å². The van der Waals surface area contributed by atoms with Gasteiger partial charge in [0.15, 0.2) is 10.2 Å². The zero-order chi connectivity index (χ0) is 29.9. The molecule has 214 valence electrons. The molecule has 0 aliphatic heterocycles. The van der Waals surface area contributed by atoms with Gasteiger partial charge in [0.1, 0.15) is 22.9 Å². The summed E-state index contributed by atoms with van der Waals surface area (Å²) < 4.78 is 10.6. The van der Waals surface area contributed by atoms with Gasteiger partial charge in [0.25, 0.3) is 0 Å². The fourth-order valence-electron chi connectivity index (χ4n) is 4.05. The number of hydrogen-bond donors (Lipinski definition) is 2. The van der Waals surface area contributed by atoms with Gasteiger partial charge in [0.2, 0.25) is 0 Å². The van der Waals surface area contributed by atoms with Crippen molar-refractivity contribution < 1.29 is 9.47 Å². The standard InChI is InChI=1S/C32H32N6O2S2/c1-39-27-17-13-23(14-18-27)21-37(31(33)41)35-29(25-9-5-3-6-10-25)30(26-11-7-4-8-12-26)36-38(32(34)42)22-24-15-19-28(40-2)20-16-24/h3-20H,21-22H2,1-2H3,(H2,33,41)(H2,34,42)/b35-29-,36-30-. The van der Waals surface area contributed by atoms with Crippen molar-refractivity contribution in [2.45, 2.75) is 13.1 Å². The second kappa shape index (κ2) is 14.7. The highest BCUT2D eigenvalue weighted by atomic mass is 32.1. The molecule has 0 spiro atoms. The van der Waals surface area contributed by atoms with E-state index in [0.717, 1.165) is 33.8 Å². The van der Waals surface area contributed by atoms with Crippen LogP contribution in [-0.2, 0) is 13.1 Å². The first kappa shape index (κ1) is 30.2. The van der Waals surface area contributed by atoms with Gasteiger partial charge in [-0.1, -0.05) is 84.9 Å². The van der Waals surface area contributed by atoms with Gasteiger partial charge < -0.3 is 20.9 Å². The van der Waals surface area contributed by atoms with Crippen molar-refractivity contribution in [1.29, 1.82) is 0 Å². The Balaban J connectivity index is 1.84. The van der Waals surface area contributed by atoms with Gasteiger partial charge in [0.05, 0.1) is 27.3 Å². The van der Waals surface area contributed by atoms with E-state index < -0.39 is 0 Å². The lowest BCUT2D eigenvalue weighted by Crippen LogP contribution is -2.36.